The number of carbonyl (C=O) groups excluding carboxylic acids is 1. The molecule has 0 spiro atoms. The zero-order valence-electron chi connectivity index (χ0n) is 17.5. The first-order valence-electron chi connectivity index (χ1n) is 11.1. The summed E-state index contributed by atoms with van der Waals surface area (Å²) in [5.74, 6) is 1.66. The van der Waals surface area contributed by atoms with E-state index in [0.717, 1.165) is 66.0 Å². The Labute approximate surface area is 182 Å². The maximum absolute atomic E-state index is 12.4. The van der Waals surface area contributed by atoms with Gasteiger partial charge in [-0.15, -0.1) is 0 Å². The molecule has 2 aliphatic rings. The topological polar surface area (TPSA) is 67.8 Å². The number of carbonyl (C=O) groups is 1. The number of rotatable bonds is 6. The van der Waals surface area contributed by atoms with Crippen molar-refractivity contribution in [1.82, 2.24) is 20.3 Å². The molecule has 5 nitrogen and oxygen atoms in total. The molecule has 156 valence electrons. The monoisotopic (exact) mass is 410 g/mol. The number of aromatic nitrogens is 3. The van der Waals surface area contributed by atoms with E-state index in [9.17, 15) is 4.79 Å². The Kier molecular flexibility index (Phi) is 5.57. The van der Waals surface area contributed by atoms with E-state index in [2.05, 4.69) is 51.7 Å². The summed E-state index contributed by atoms with van der Waals surface area (Å²) in [7, 11) is 0. The minimum Gasteiger partial charge on any atom is -0.352 e. The molecular weight excluding hydrogens is 384 g/mol. The highest BCUT2D eigenvalue weighted by atomic mass is 16.1. The van der Waals surface area contributed by atoms with E-state index in [4.69, 9.17) is 4.98 Å². The Bertz CT molecular complexity index is 1090. The number of nitrogens with one attached hydrogen (secondary N) is 1. The summed E-state index contributed by atoms with van der Waals surface area (Å²) >= 11 is 0. The first kappa shape index (κ1) is 19.6. The average molecular weight is 411 g/mol. The van der Waals surface area contributed by atoms with Gasteiger partial charge in [-0.2, -0.15) is 0 Å². The first-order chi connectivity index (χ1) is 15.3. The van der Waals surface area contributed by atoms with Crippen LogP contribution in [0.1, 0.15) is 49.4 Å². The lowest BCUT2D eigenvalue weighted by Crippen LogP contribution is -2.30. The van der Waals surface area contributed by atoms with E-state index in [1.165, 1.54) is 0 Å². The lowest BCUT2D eigenvalue weighted by atomic mass is 9.93. The molecule has 0 radical (unpaired) electrons. The lowest BCUT2D eigenvalue weighted by Gasteiger charge is -2.17. The molecule has 1 fully saturated rings. The summed E-state index contributed by atoms with van der Waals surface area (Å²) in [6.45, 7) is 0.545. The van der Waals surface area contributed by atoms with E-state index < -0.39 is 0 Å². The third kappa shape index (κ3) is 4.55. The summed E-state index contributed by atoms with van der Waals surface area (Å²) in [5, 5.41) is 3.09. The largest absolute Gasteiger partial charge is 0.352 e. The SMILES string of the molecule is O=C(NCc1ccc(-c2nc(C3CC3)ncc2-c2ccccn2)cc1)C1CC=CCC1. The van der Waals surface area contributed by atoms with Crippen molar-refractivity contribution in [3.8, 4) is 22.5 Å². The van der Waals surface area contributed by atoms with Crippen LogP contribution < -0.4 is 5.32 Å². The smallest absolute Gasteiger partial charge is 0.223 e. The standard InChI is InChI=1S/C26H26N4O/c31-26(21-6-2-1-3-7-21)29-16-18-9-11-19(12-10-18)24-22(23-8-4-5-15-27-23)17-28-25(30-24)20-13-14-20/h1-2,4-5,8-12,15,17,20-21H,3,6-7,13-14,16H2,(H,29,31). The van der Waals surface area contributed by atoms with Crippen molar-refractivity contribution in [2.45, 2.75) is 44.6 Å². The van der Waals surface area contributed by atoms with Gasteiger partial charge in [0.1, 0.15) is 5.82 Å². The zero-order chi connectivity index (χ0) is 21.0. The highest BCUT2D eigenvalue weighted by Crippen LogP contribution is 2.40. The average Bonchev–Trinajstić information content (AvgIpc) is 3.69. The molecule has 0 bridgehead atoms. The van der Waals surface area contributed by atoms with Crippen LogP contribution in [-0.4, -0.2) is 20.9 Å². The Balaban J connectivity index is 1.35. The van der Waals surface area contributed by atoms with Gasteiger partial charge in [-0.25, -0.2) is 9.97 Å². The van der Waals surface area contributed by atoms with Crippen molar-refractivity contribution in [1.29, 1.82) is 0 Å². The van der Waals surface area contributed by atoms with Crippen LogP contribution in [-0.2, 0) is 11.3 Å². The minimum absolute atomic E-state index is 0.104. The number of nitrogens with zero attached hydrogens (tertiary/aromatic N) is 3. The Morgan fingerprint density at radius 3 is 2.58 bits per heavy atom. The van der Waals surface area contributed by atoms with Crippen LogP contribution in [0, 0.1) is 5.92 Å². The molecule has 1 unspecified atom stereocenters. The fourth-order valence-electron chi connectivity index (χ4n) is 4.01. The van der Waals surface area contributed by atoms with E-state index in [-0.39, 0.29) is 11.8 Å². The molecule has 1 N–H and O–H groups in total. The van der Waals surface area contributed by atoms with Crippen molar-refractivity contribution in [3.63, 3.8) is 0 Å². The highest BCUT2D eigenvalue weighted by molar-refractivity contribution is 5.79. The van der Waals surface area contributed by atoms with Gasteiger partial charge in [-0.05, 0) is 49.8 Å². The predicted octanol–water partition coefficient (Wildman–Crippen LogP) is 5.06. The second kappa shape index (κ2) is 8.80. The molecule has 1 saturated carbocycles. The Morgan fingerprint density at radius 2 is 1.87 bits per heavy atom. The molecule has 3 aromatic rings. The van der Waals surface area contributed by atoms with Crippen molar-refractivity contribution in [2.75, 3.05) is 0 Å². The summed E-state index contributed by atoms with van der Waals surface area (Å²) in [6.07, 6.45) is 13.1. The Hall–Kier alpha value is -3.34. The van der Waals surface area contributed by atoms with Crippen LogP contribution in [0.2, 0.25) is 0 Å². The van der Waals surface area contributed by atoms with E-state index in [0.29, 0.717) is 12.5 Å². The second-order valence-electron chi connectivity index (χ2n) is 8.38. The quantitative estimate of drug-likeness (QED) is 0.577. The summed E-state index contributed by atoms with van der Waals surface area (Å²) in [5.41, 5.74) is 4.85. The number of pyridine rings is 1. The van der Waals surface area contributed by atoms with Crippen LogP contribution in [0.5, 0.6) is 0 Å². The number of allylic oxidation sites excluding steroid dienone is 2. The van der Waals surface area contributed by atoms with Gasteiger partial charge in [0.2, 0.25) is 5.91 Å². The number of hydrogen-bond donors (Lipinski definition) is 1. The lowest BCUT2D eigenvalue weighted by molar-refractivity contribution is -0.125. The highest BCUT2D eigenvalue weighted by Gasteiger charge is 2.27. The van der Waals surface area contributed by atoms with Crippen LogP contribution in [0.15, 0.2) is 67.0 Å². The van der Waals surface area contributed by atoms with Crippen molar-refractivity contribution in [2.24, 2.45) is 5.92 Å². The van der Waals surface area contributed by atoms with E-state index in [1.807, 2.05) is 24.4 Å². The maximum atomic E-state index is 12.4. The zero-order valence-corrected chi connectivity index (χ0v) is 17.5. The maximum Gasteiger partial charge on any atom is 0.223 e. The van der Waals surface area contributed by atoms with Gasteiger partial charge in [-0.1, -0.05) is 42.5 Å². The molecular formula is C26H26N4O. The molecule has 1 amide bonds. The number of hydrogen-bond acceptors (Lipinski definition) is 4. The van der Waals surface area contributed by atoms with E-state index in [1.54, 1.807) is 6.20 Å². The molecule has 31 heavy (non-hydrogen) atoms. The van der Waals surface area contributed by atoms with Crippen molar-refractivity contribution < 1.29 is 4.79 Å². The second-order valence-corrected chi connectivity index (χ2v) is 8.38. The summed E-state index contributed by atoms with van der Waals surface area (Å²) < 4.78 is 0. The first-order valence-corrected chi connectivity index (χ1v) is 11.1. The third-order valence-electron chi connectivity index (χ3n) is 6.02. The van der Waals surface area contributed by atoms with Gasteiger partial charge >= 0.3 is 0 Å². The van der Waals surface area contributed by atoms with Crippen LogP contribution in [0.25, 0.3) is 22.5 Å². The van der Waals surface area contributed by atoms with Gasteiger partial charge in [0, 0.05) is 41.9 Å². The molecule has 5 rings (SSSR count). The molecule has 0 saturated heterocycles. The van der Waals surface area contributed by atoms with Gasteiger partial charge in [0.15, 0.2) is 0 Å². The van der Waals surface area contributed by atoms with E-state index >= 15 is 0 Å². The van der Waals surface area contributed by atoms with Crippen LogP contribution >= 0.6 is 0 Å². The van der Waals surface area contributed by atoms with Gasteiger partial charge in [-0.3, -0.25) is 9.78 Å². The van der Waals surface area contributed by atoms with Crippen molar-refractivity contribution >= 4 is 5.91 Å². The molecule has 1 aromatic carbocycles. The number of amides is 1. The molecule has 2 aliphatic carbocycles. The normalized spacial score (nSPS) is 18.0. The predicted molar refractivity (Wildman–Crippen MR) is 121 cm³/mol. The fourth-order valence-corrected chi connectivity index (χ4v) is 4.01. The van der Waals surface area contributed by atoms with Crippen molar-refractivity contribution in [3.05, 3.63) is 78.4 Å². The van der Waals surface area contributed by atoms with Crippen LogP contribution in [0.3, 0.4) is 0 Å². The Morgan fingerprint density at radius 1 is 1.00 bits per heavy atom. The van der Waals surface area contributed by atoms with Crippen LogP contribution in [0.4, 0.5) is 0 Å². The minimum atomic E-state index is 0.104. The molecule has 1 atom stereocenters. The molecule has 2 aromatic heterocycles. The fraction of sp³-hybridized carbons (Fsp3) is 0.308. The summed E-state index contributed by atoms with van der Waals surface area (Å²) in [6, 6.07) is 14.2. The third-order valence-corrected chi connectivity index (χ3v) is 6.02. The molecule has 0 aliphatic heterocycles. The molecule has 5 heteroatoms. The van der Waals surface area contributed by atoms with Gasteiger partial charge in [0.05, 0.1) is 11.4 Å². The summed E-state index contributed by atoms with van der Waals surface area (Å²) in [4.78, 5) is 26.4. The van der Waals surface area contributed by atoms with Gasteiger partial charge < -0.3 is 5.32 Å². The number of benzene rings is 1. The molecule has 2 heterocycles. The van der Waals surface area contributed by atoms with Gasteiger partial charge in [0.25, 0.3) is 0 Å².